The van der Waals surface area contributed by atoms with Crippen LogP contribution in [0.1, 0.15) is 12.8 Å². The average molecular weight is 276 g/mol. The maximum absolute atomic E-state index is 12.0. The van der Waals surface area contributed by atoms with E-state index in [4.69, 9.17) is 9.84 Å². The second kappa shape index (κ2) is 8.20. The molecule has 6 nitrogen and oxygen atoms in total. The molecule has 2 N–H and O–H groups in total. The predicted octanol–water partition coefficient (Wildman–Crippen LogP) is 0.625. The van der Waals surface area contributed by atoms with Crippen LogP contribution in [0.25, 0.3) is 0 Å². The molecule has 0 saturated carbocycles. The lowest BCUT2D eigenvalue weighted by molar-refractivity contribution is -0.135. The minimum atomic E-state index is -1.07. The second-order valence-electron chi connectivity index (χ2n) is 4.13. The SMILES string of the molecule is CSCC[C@@H](CC(=O)N1CCOCC1)NC(=O)O. The summed E-state index contributed by atoms with van der Waals surface area (Å²) in [6.45, 7) is 2.32. The molecule has 104 valence electrons. The number of nitrogens with one attached hydrogen (secondary N) is 1. The number of hydrogen-bond donors (Lipinski definition) is 2. The van der Waals surface area contributed by atoms with E-state index in [0.29, 0.717) is 32.7 Å². The van der Waals surface area contributed by atoms with Gasteiger partial charge in [0, 0.05) is 25.6 Å². The number of thioether (sulfide) groups is 1. The van der Waals surface area contributed by atoms with Crippen LogP contribution in [0.5, 0.6) is 0 Å². The van der Waals surface area contributed by atoms with Gasteiger partial charge in [-0.2, -0.15) is 11.8 Å². The minimum Gasteiger partial charge on any atom is -0.465 e. The van der Waals surface area contributed by atoms with Crippen molar-refractivity contribution in [1.29, 1.82) is 0 Å². The minimum absolute atomic E-state index is 0.00171. The Labute approximate surface area is 111 Å². The van der Waals surface area contributed by atoms with Crippen molar-refractivity contribution in [2.75, 3.05) is 38.3 Å². The Morgan fingerprint density at radius 1 is 1.44 bits per heavy atom. The highest BCUT2D eigenvalue weighted by Gasteiger charge is 2.21. The maximum Gasteiger partial charge on any atom is 0.404 e. The zero-order valence-corrected chi connectivity index (χ0v) is 11.4. The number of carboxylic acid groups (broad SMARTS) is 1. The van der Waals surface area contributed by atoms with Crippen molar-refractivity contribution >= 4 is 23.8 Å². The lowest BCUT2D eigenvalue weighted by atomic mass is 10.1. The van der Waals surface area contributed by atoms with Gasteiger partial charge in [-0.15, -0.1) is 0 Å². The number of ether oxygens (including phenoxy) is 1. The summed E-state index contributed by atoms with van der Waals surface area (Å²) in [6.07, 6.45) is 1.79. The Kier molecular flexibility index (Phi) is 6.89. The van der Waals surface area contributed by atoms with Crippen molar-refractivity contribution < 1.29 is 19.4 Å². The van der Waals surface area contributed by atoms with E-state index in [1.165, 1.54) is 0 Å². The van der Waals surface area contributed by atoms with E-state index in [1.54, 1.807) is 16.7 Å². The van der Waals surface area contributed by atoms with Crippen LogP contribution in [0.15, 0.2) is 0 Å². The fourth-order valence-electron chi connectivity index (χ4n) is 1.81. The molecule has 0 bridgehead atoms. The van der Waals surface area contributed by atoms with Crippen molar-refractivity contribution in [1.82, 2.24) is 10.2 Å². The summed E-state index contributed by atoms with van der Waals surface area (Å²) in [6, 6.07) is -0.301. The third kappa shape index (κ3) is 5.59. The van der Waals surface area contributed by atoms with E-state index >= 15 is 0 Å². The number of hydrogen-bond acceptors (Lipinski definition) is 4. The first kappa shape index (κ1) is 15.1. The van der Waals surface area contributed by atoms with Gasteiger partial charge in [-0.05, 0) is 18.4 Å². The number of carbonyl (C=O) groups is 2. The van der Waals surface area contributed by atoms with Gasteiger partial charge in [0.15, 0.2) is 0 Å². The normalized spacial score (nSPS) is 17.3. The van der Waals surface area contributed by atoms with Crippen molar-refractivity contribution in [2.24, 2.45) is 0 Å². The lowest BCUT2D eigenvalue weighted by Crippen LogP contribution is -2.44. The van der Waals surface area contributed by atoms with E-state index in [9.17, 15) is 9.59 Å². The molecular weight excluding hydrogens is 256 g/mol. The Balaban J connectivity index is 2.41. The highest BCUT2D eigenvalue weighted by Crippen LogP contribution is 2.08. The molecule has 1 aliphatic heterocycles. The third-order valence-electron chi connectivity index (χ3n) is 2.78. The highest BCUT2D eigenvalue weighted by molar-refractivity contribution is 7.98. The molecule has 0 aromatic heterocycles. The standard InChI is InChI=1S/C11H20N2O4S/c1-18-7-2-9(12-11(15)16)8-10(14)13-3-5-17-6-4-13/h9,12H,2-8H2,1H3,(H,15,16)/t9-/m0/s1. The van der Waals surface area contributed by atoms with Gasteiger partial charge in [0.25, 0.3) is 0 Å². The first-order valence-electron chi connectivity index (χ1n) is 5.97. The largest absolute Gasteiger partial charge is 0.465 e. The third-order valence-corrected chi connectivity index (χ3v) is 3.43. The van der Waals surface area contributed by atoms with Crippen LogP contribution in [-0.4, -0.2) is 66.4 Å². The van der Waals surface area contributed by atoms with Gasteiger partial charge < -0.3 is 20.1 Å². The molecule has 1 aliphatic rings. The topological polar surface area (TPSA) is 78.9 Å². The van der Waals surface area contributed by atoms with Gasteiger partial charge in [0.05, 0.1) is 13.2 Å². The molecule has 1 atom stereocenters. The van der Waals surface area contributed by atoms with E-state index in [1.807, 2.05) is 6.26 Å². The lowest BCUT2D eigenvalue weighted by Gasteiger charge is -2.28. The molecule has 1 fully saturated rings. The average Bonchev–Trinajstić information content (AvgIpc) is 2.36. The van der Waals surface area contributed by atoms with Crippen LogP contribution in [0, 0.1) is 0 Å². The summed E-state index contributed by atoms with van der Waals surface area (Å²) in [7, 11) is 0. The van der Waals surface area contributed by atoms with Gasteiger partial charge in [-0.25, -0.2) is 4.79 Å². The first-order chi connectivity index (χ1) is 8.63. The van der Waals surface area contributed by atoms with Gasteiger partial charge in [0.2, 0.25) is 5.91 Å². The molecule has 0 radical (unpaired) electrons. The molecule has 1 saturated heterocycles. The summed E-state index contributed by atoms with van der Waals surface area (Å²) < 4.78 is 5.18. The van der Waals surface area contributed by atoms with Crippen LogP contribution >= 0.6 is 11.8 Å². The summed E-state index contributed by atoms with van der Waals surface area (Å²) in [5.74, 6) is 0.833. The van der Waals surface area contributed by atoms with Crippen molar-refractivity contribution in [2.45, 2.75) is 18.9 Å². The zero-order chi connectivity index (χ0) is 13.4. The van der Waals surface area contributed by atoms with Crippen LogP contribution < -0.4 is 5.32 Å². The molecule has 0 unspecified atom stereocenters. The van der Waals surface area contributed by atoms with Crippen LogP contribution in [-0.2, 0) is 9.53 Å². The molecule has 1 heterocycles. The Morgan fingerprint density at radius 3 is 2.67 bits per heavy atom. The monoisotopic (exact) mass is 276 g/mol. The van der Waals surface area contributed by atoms with E-state index in [-0.39, 0.29) is 18.4 Å². The quantitative estimate of drug-likeness (QED) is 0.743. The predicted molar refractivity (Wildman–Crippen MR) is 70.0 cm³/mol. The number of rotatable bonds is 6. The second-order valence-corrected chi connectivity index (χ2v) is 5.11. The van der Waals surface area contributed by atoms with Crippen LogP contribution in [0.3, 0.4) is 0 Å². The molecule has 1 rings (SSSR count). The molecule has 0 aromatic carbocycles. The van der Waals surface area contributed by atoms with E-state index in [0.717, 1.165) is 5.75 Å². The molecular formula is C11H20N2O4S. The Bertz CT molecular complexity index is 282. The molecule has 0 aromatic rings. The molecule has 7 heteroatoms. The van der Waals surface area contributed by atoms with E-state index < -0.39 is 6.09 Å². The first-order valence-corrected chi connectivity index (χ1v) is 7.36. The smallest absolute Gasteiger partial charge is 0.404 e. The highest BCUT2D eigenvalue weighted by atomic mass is 32.2. The fraction of sp³-hybridized carbons (Fsp3) is 0.818. The number of carbonyl (C=O) groups excluding carboxylic acids is 1. The zero-order valence-electron chi connectivity index (χ0n) is 10.6. The maximum atomic E-state index is 12.0. The molecule has 2 amide bonds. The molecule has 0 aliphatic carbocycles. The number of morpholine rings is 1. The Morgan fingerprint density at radius 2 is 2.11 bits per heavy atom. The summed E-state index contributed by atoms with van der Waals surface area (Å²) in [4.78, 5) is 24.4. The number of nitrogens with zero attached hydrogens (tertiary/aromatic N) is 1. The van der Waals surface area contributed by atoms with Crippen molar-refractivity contribution in [3.8, 4) is 0 Å². The number of amides is 2. The van der Waals surface area contributed by atoms with E-state index in [2.05, 4.69) is 5.32 Å². The van der Waals surface area contributed by atoms with Crippen LogP contribution in [0.4, 0.5) is 4.79 Å². The summed E-state index contributed by atoms with van der Waals surface area (Å²) >= 11 is 1.64. The van der Waals surface area contributed by atoms with Gasteiger partial charge in [0.1, 0.15) is 0 Å². The van der Waals surface area contributed by atoms with Gasteiger partial charge >= 0.3 is 6.09 Å². The fourth-order valence-corrected chi connectivity index (χ4v) is 2.33. The summed E-state index contributed by atoms with van der Waals surface area (Å²) in [5, 5.41) is 11.2. The molecule has 0 spiro atoms. The molecule has 18 heavy (non-hydrogen) atoms. The van der Waals surface area contributed by atoms with Gasteiger partial charge in [-0.1, -0.05) is 0 Å². The summed E-state index contributed by atoms with van der Waals surface area (Å²) in [5.41, 5.74) is 0. The van der Waals surface area contributed by atoms with Crippen molar-refractivity contribution in [3.63, 3.8) is 0 Å². The van der Waals surface area contributed by atoms with Crippen LogP contribution in [0.2, 0.25) is 0 Å². The van der Waals surface area contributed by atoms with Crippen molar-refractivity contribution in [3.05, 3.63) is 0 Å². The Hall–Kier alpha value is -0.950. The van der Waals surface area contributed by atoms with Gasteiger partial charge in [-0.3, -0.25) is 4.79 Å².